The average Bonchev–Trinajstić information content (AvgIpc) is 2.32. The average molecular weight is 288 g/mol. The van der Waals surface area contributed by atoms with Gasteiger partial charge in [0, 0.05) is 31.8 Å². The van der Waals surface area contributed by atoms with Crippen molar-refractivity contribution >= 4 is 12.0 Å². The largest absolute Gasteiger partial charge is 0.481 e. The maximum Gasteiger partial charge on any atom is 0.320 e. The highest BCUT2D eigenvalue weighted by atomic mass is 16.5. The third-order valence-electron chi connectivity index (χ3n) is 2.95. The minimum Gasteiger partial charge on any atom is -0.481 e. The van der Waals surface area contributed by atoms with Gasteiger partial charge in [0.05, 0.1) is 13.0 Å². The molecule has 0 rings (SSSR count). The van der Waals surface area contributed by atoms with Crippen molar-refractivity contribution in [3.05, 3.63) is 0 Å². The second kappa shape index (κ2) is 8.79. The fourth-order valence-corrected chi connectivity index (χ4v) is 1.80. The van der Waals surface area contributed by atoms with Crippen molar-refractivity contribution in [1.82, 2.24) is 9.80 Å². The van der Waals surface area contributed by atoms with Gasteiger partial charge in [-0.2, -0.15) is 0 Å². The Hall–Kier alpha value is -1.30. The summed E-state index contributed by atoms with van der Waals surface area (Å²) in [4.78, 5) is 26.6. The summed E-state index contributed by atoms with van der Waals surface area (Å²) in [6.45, 7) is 11.9. The van der Waals surface area contributed by atoms with E-state index in [1.165, 1.54) is 0 Å². The van der Waals surface area contributed by atoms with Crippen LogP contribution in [0.5, 0.6) is 0 Å². The van der Waals surface area contributed by atoms with Crippen LogP contribution in [-0.2, 0) is 9.53 Å². The third-order valence-corrected chi connectivity index (χ3v) is 2.95. The lowest BCUT2D eigenvalue weighted by Crippen LogP contribution is -2.53. The predicted molar refractivity (Wildman–Crippen MR) is 77.8 cm³/mol. The summed E-state index contributed by atoms with van der Waals surface area (Å²) in [5, 5.41) is 8.81. The molecule has 1 N–H and O–H groups in total. The van der Waals surface area contributed by atoms with E-state index in [0.29, 0.717) is 26.3 Å². The Kier molecular flexibility index (Phi) is 8.22. The molecule has 0 radical (unpaired) electrons. The molecule has 0 heterocycles. The molecule has 0 spiro atoms. The van der Waals surface area contributed by atoms with Gasteiger partial charge in [0.25, 0.3) is 0 Å². The smallest absolute Gasteiger partial charge is 0.320 e. The predicted octanol–water partition coefficient (Wildman–Crippen LogP) is 2.04. The van der Waals surface area contributed by atoms with Crippen LogP contribution in [0, 0.1) is 0 Å². The maximum atomic E-state index is 12.5. The monoisotopic (exact) mass is 288 g/mol. The molecule has 0 aliphatic heterocycles. The normalized spacial score (nSPS) is 11.2. The Labute approximate surface area is 121 Å². The SMILES string of the molecule is CCOCCN(CC)C(=O)N(CCC(=O)O)C(C)(C)C. The quantitative estimate of drug-likeness (QED) is 0.694. The summed E-state index contributed by atoms with van der Waals surface area (Å²) in [6, 6.07) is -0.138. The van der Waals surface area contributed by atoms with Gasteiger partial charge < -0.3 is 19.6 Å². The van der Waals surface area contributed by atoms with Crippen molar-refractivity contribution < 1.29 is 19.4 Å². The molecule has 0 aromatic rings. The van der Waals surface area contributed by atoms with Crippen LogP contribution < -0.4 is 0 Å². The van der Waals surface area contributed by atoms with Gasteiger partial charge in [-0.15, -0.1) is 0 Å². The van der Waals surface area contributed by atoms with Crippen LogP contribution in [0.25, 0.3) is 0 Å². The molecule has 6 nitrogen and oxygen atoms in total. The van der Waals surface area contributed by atoms with Gasteiger partial charge in [-0.05, 0) is 34.6 Å². The van der Waals surface area contributed by atoms with Gasteiger partial charge in [-0.25, -0.2) is 4.79 Å². The zero-order valence-electron chi connectivity index (χ0n) is 13.3. The first kappa shape index (κ1) is 18.7. The number of carboxylic acids is 1. The van der Waals surface area contributed by atoms with Gasteiger partial charge in [0.2, 0.25) is 0 Å². The summed E-state index contributed by atoms with van der Waals surface area (Å²) in [6.07, 6.45) is -0.0496. The van der Waals surface area contributed by atoms with Crippen molar-refractivity contribution in [1.29, 1.82) is 0 Å². The third kappa shape index (κ3) is 6.75. The summed E-state index contributed by atoms with van der Waals surface area (Å²) in [5.74, 6) is -0.899. The number of nitrogens with zero attached hydrogens (tertiary/aromatic N) is 2. The van der Waals surface area contributed by atoms with Gasteiger partial charge >= 0.3 is 12.0 Å². The van der Waals surface area contributed by atoms with Gasteiger partial charge in [-0.3, -0.25) is 4.79 Å². The second-order valence-corrected chi connectivity index (χ2v) is 5.53. The van der Waals surface area contributed by atoms with E-state index in [-0.39, 0.29) is 19.0 Å². The number of carboxylic acid groups (broad SMARTS) is 1. The van der Waals surface area contributed by atoms with E-state index in [9.17, 15) is 9.59 Å². The molecule has 118 valence electrons. The molecule has 0 saturated heterocycles. The van der Waals surface area contributed by atoms with Crippen LogP contribution in [0.1, 0.15) is 41.0 Å². The Morgan fingerprint density at radius 2 is 1.75 bits per heavy atom. The summed E-state index contributed by atoms with van der Waals surface area (Å²) in [5.41, 5.74) is -0.411. The molecule has 20 heavy (non-hydrogen) atoms. The van der Waals surface area contributed by atoms with Crippen molar-refractivity contribution in [3.63, 3.8) is 0 Å². The van der Waals surface area contributed by atoms with Crippen LogP contribution in [0.15, 0.2) is 0 Å². The molecule has 0 saturated carbocycles. The number of aliphatic carboxylic acids is 1. The molecular weight excluding hydrogens is 260 g/mol. The number of rotatable bonds is 8. The minimum absolute atomic E-state index is 0.0496. The molecule has 2 amide bonds. The molecular formula is C14H28N2O4. The van der Waals surface area contributed by atoms with E-state index in [4.69, 9.17) is 9.84 Å². The molecule has 0 atom stereocenters. The molecule has 6 heteroatoms. The first-order valence-corrected chi connectivity index (χ1v) is 7.10. The van der Waals surface area contributed by atoms with Crippen molar-refractivity contribution in [3.8, 4) is 0 Å². The van der Waals surface area contributed by atoms with Crippen molar-refractivity contribution in [2.75, 3.05) is 32.8 Å². The first-order valence-electron chi connectivity index (χ1n) is 7.10. The molecule has 0 aromatic carbocycles. The summed E-state index contributed by atoms with van der Waals surface area (Å²) in [7, 11) is 0. The fraction of sp³-hybridized carbons (Fsp3) is 0.857. The highest BCUT2D eigenvalue weighted by Crippen LogP contribution is 2.16. The van der Waals surface area contributed by atoms with E-state index in [1.807, 2.05) is 34.6 Å². The number of amides is 2. The number of urea groups is 1. The highest BCUT2D eigenvalue weighted by molar-refractivity contribution is 5.76. The van der Waals surface area contributed by atoms with E-state index >= 15 is 0 Å². The second-order valence-electron chi connectivity index (χ2n) is 5.53. The van der Waals surface area contributed by atoms with E-state index in [2.05, 4.69) is 0 Å². The van der Waals surface area contributed by atoms with Crippen molar-refractivity contribution in [2.24, 2.45) is 0 Å². The fourth-order valence-electron chi connectivity index (χ4n) is 1.80. The van der Waals surface area contributed by atoms with Crippen LogP contribution >= 0.6 is 0 Å². The lowest BCUT2D eigenvalue weighted by molar-refractivity contribution is -0.137. The number of ether oxygens (including phenoxy) is 1. The Morgan fingerprint density at radius 3 is 2.15 bits per heavy atom. The molecule has 0 aliphatic carbocycles. The Bertz CT molecular complexity index is 313. The first-order chi connectivity index (χ1) is 9.23. The lowest BCUT2D eigenvalue weighted by atomic mass is 10.1. The number of hydrogen-bond acceptors (Lipinski definition) is 3. The lowest BCUT2D eigenvalue weighted by Gasteiger charge is -2.39. The molecule has 0 aromatic heterocycles. The Balaban J connectivity index is 4.76. The van der Waals surface area contributed by atoms with E-state index < -0.39 is 11.5 Å². The maximum absolute atomic E-state index is 12.5. The van der Waals surface area contributed by atoms with Gasteiger partial charge in [0.1, 0.15) is 0 Å². The number of carbonyl (C=O) groups excluding carboxylic acids is 1. The van der Waals surface area contributed by atoms with E-state index in [1.54, 1.807) is 9.80 Å². The van der Waals surface area contributed by atoms with E-state index in [0.717, 1.165) is 0 Å². The number of likely N-dealkylation sites (N-methyl/N-ethyl adjacent to an activating group) is 1. The highest BCUT2D eigenvalue weighted by Gasteiger charge is 2.29. The molecule has 0 fully saturated rings. The zero-order chi connectivity index (χ0) is 15.8. The number of hydrogen-bond donors (Lipinski definition) is 1. The van der Waals surface area contributed by atoms with Gasteiger partial charge in [-0.1, -0.05) is 0 Å². The standard InChI is InChI=1S/C14H28N2O4/c1-6-15(10-11-20-7-2)13(19)16(14(3,4)5)9-8-12(17)18/h6-11H2,1-5H3,(H,17,18). The Morgan fingerprint density at radius 1 is 1.15 bits per heavy atom. The molecule has 0 bridgehead atoms. The summed E-state index contributed by atoms with van der Waals surface area (Å²) < 4.78 is 5.27. The molecule has 0 aliphatic rings. The summed E-state index contributed by atoms with van der Waals surface area (Å²) >= 11 is 0. The van der Waals surface area contributed by atoms with Crippen molar-refractivity contribution in [2.45, 2.75) is 46.6 Å². The number of carbonyl (C=O) groups is 2. The van der Waals surface area contributed by atoms with Gasteiger partial charge in [0.15, 0.2) is 0 Å². The topological polar surface area (TPSA) is 70.1 Å². The molecule has 0 unspecified atom stereocenters. The minimum atomic E-state index is -0.899. The van der Waals surface area contributed by atoms with Crippen LogP contribution in [0.4, 0.5) is 4.79 Å². The van der Waals surface area contributed by atoms with Crippen LogP contribution in [0.2, 0.25) is 0 Å². The zero-order valence-corrected chi connectivity index (χ0v) is 13.3. The van der Waals surface area contributed by atoms with Crippen LogP contribution in [0.3, 0.4) is 0 Å². The van der Waals surface area contributed by atoms with Crippen LogP contribution in [-0.4, -0.2) is 65.3 Å².